The average molecular weight is 344 g/mol. The summed E-state index contributed by atoms with van der Waals surface area (Å²) in [6, 6.07) is 6.93. The number of benzene rings is 1. The maximum absolute atomic E-state index is 12.9. The summed E-state index contributed by atoms with van der Waals surface area (Å²) in [6.45, 7) is 4.65. The van der Waals surface area contributed by atoms with E-state index in [1.54, 1.807) is 30.4 Å². The zero-order valence-corrected chi connectivity index (χ0v) is 14.4. The van der Waals surface area contributed by atoms with E-state index in [9.17, 15) is 8.42 Å². The molecule has 21 heavy (non-hydrogen) atoms. The molecule has 2 aromatic rings. The average Bonchev–Trinajstić information content (AvgIpc) is 2.94. The zero-order chi connectivity index (χ0) is 15.5. The molecule has 1 aromatic carbocycles. The van der Waals surface area contributed by atoms with E-state index < -0.39 is 10.0 Å². The van der Waals surface area contributed by atoms with Gasteiger partial charge >= 0.3 is 0 Å². The van der Waals surface area contributed by atoms with Crippen molar-refractivity contribution < 1.29 is 8.42 Å². The van der Waals surface area contributed by atoms with Gasteiger partial charge in [-0.3, -0.25) is 0 Å². The Balaban J connectivity index is 2.39. The van der Waals surface area contributed by atoms with Crippen LogP contribution in [0.1, 0.15) is 24.5 Å². The van der Waals surface area contributed by atoms with Crippen LogP contribution in [0.3, 0.4) is 0 Å². The van der Waals surface area contributed by atoms with Crippen LogP contribution in [0, 0.1) is 6.92 Å². The van der Waals surface area contributed by atoms with Gasteiger partial charge in [-0.05, 0) is 53.4 Å². The summed E-state index contributed by atoms with van der Waals surface area (Å²) in [5, 5.41) is 4.37. The highest BCUT2D eigenvalue weighted by Crippen LogP contribution is 2.25. The summed E-state index contributed by atoms with van der Waals surface area (Å²) in [7, 11) is -3.54. The molecular weight excluding hydrogens is 326 g/mol. The van der Waals surface area contributed by atoms with Gasteiger partial charge in [-0.15, -0.1) is 0 Å². The van der Waals surface area contributed by atoms with Crippen molar-refractivity contribution in [2.75, 3.05) is 6.54 Å². The van der Waals surface area contributed by atoms with Crippen LogP contribution in [-0.2, 0) is 16.6 Å². The van der Waals surface area contributed by atoms with E-state index in [0.29, 0.717) is 28.6 Å². The van der Waals surface area contributed by atoms with Gasteiger partial charge in [0.2, 0.25) is 10.0 Å². The highest BCUT2D eigenvalue weighted by atomic mass is 35.5. The minimum absolute atomic E-state index is 0.290. The number of hydrogen-bond donors (Lipinski definition) is 0. The van der Waals surface area contributed by atoms with E-state index in [2.05, 4.69) is 0 Å². The van der Waals surface area contributed by atoms with Crippen molar-refractivity contribution in [2.24, 2.45) is 0 Å². The summed E-state index contributed by atoms with van der Waals surface area (Å²) in [4.78, 5) is 0.290. The molecule has 0 spiro atoms. The van der Waals surface area contributed by atoms with Crippen LogP contribution in [0.2, 0.25) is 5.02 Å². The Hall–Kier alpha value is -0.880. The third kappa shape index (κ3) is 3.86. The summed E-state index contributed by atoms with van der Waals surface area (Å²) >= 11 is 7.54. The number of aryl methyl sites for hydroxylation is 1. The van der Waals surface area contributed by atoms with Crippen LogP contribution in [0.15, 0.2) is 39.9 Å². The van der Waals surface area contributed by atoms with E-state index in [1.165, 1.54) is 10.4 Å². The van der Waals surface area contributed by atoms with Crippen molar-refractivity contribution in [1.29, 1.82) is 0 Å². The van der Waals surface area contributed by atoms with Gasteiger partial charge in [0.05, 0.1) is 4.90 Å². The molecule has 1 aromatic heterocycles. The Morgan fingerprint density at radius 2 is 2.05 bits per heavy atom. The highest BCUT2D eigenvalue weighted by Gasteiger charge is 2.26. The number of nitrogens with zero attached hydrogens (tertiary/aromatic N) is 1. The molecule has 3 nitrogen and oxygen atoms in total. The molecule has 0 atom stereocenters. The van der Waals surface area contributed by atoms with Gasteiger partial charge in [-0.1, -0.05) is 24.6 Å². The lowest BCUT2D eigenvalue weighted by Crippen LogP contribution is -2.31. The van der Waals surface area contributed by atoms with Gasteiger partial charge in [0, 0.05) is 18.1 Å². The molecule has 114 valence electrons. The number of halogens is 1. The second-order valence-electron chi connectivity index (χ2n) is 4.88. The number of rotatable bonds is 6. The Bertz CT molecular complexity index is 696. The van der Waals surface area contributed by atoms with E-state index in [1.807, 2.05) is 23.8 Å². The molecule has 1 heterocycles. The molecule has 0 N–H and O–H groups in total. The molecule has 0 unspecified atom stereocenters. The Kier molecular flexibility index (Phi) is 5.43. The van der Waals surface area contributed by atoms with Crippen molar-refractivity contribution >= 4 is 33.0 Å². The number of sulfonamides is 1. The predicted octanol–water partition coefficient (Wildman–Crippen LogP) is 4.31. The smallest absolute Gasteiger partial charge is 0.207 e. The van der Waals surface area contributed by atoms with Crippen molar-refractivity contribution in [3.8, 4) is 0 Å². The van der Waals surface area contributed by atoms with Crippen molar-refractivity contribution in [1.82, 2.24) is 4.31 Å². The number of thiophene rings is 1. The summed E-state index contributed by atoms with van der Waals surface area (Å²) in [5.41, 5.74) is 1.72. The number of hydrogen-bond acceptors (Lipinski definition) is 3. The molecule has 0 radical (unpaired) electrons. The lowest BCUT2D eigenvalue weighted by Gasteiger charge is -2.22. The van der Waals surface area contributed by atoms with Gasteiger partial charge in [-0.2, -0.15) is 15.6 Å². The summed E-state index contributed by atoms with van der Waals surface area (Å²) in [6.07, 6.45) is 0.767. The topological polar surface area (TPSA) is 37.4 Å². The quantitative estimate of drug-likeness (QED) is 0.783. The Labute approximate surface area is 135 Å². The van der Waals surface area contributed by atoms with Crippen LogP contribution in [0.4, 0.5) is 0 Å². The largest absolute Gasteiger partial charge is 0.243 e. The van der Waals surface area contributed by atoms with Gasteiger partial charge < -0.3 is 0 Å². The lowest BCUT2D eigenvalue weighted by atomic mass is 10.2. The van der Waals surface area contributed by atoms with Crippen LogP contribution < -0.4 is 0 Å². The van der Waals surface area contributed by atoms with Crippen molar-refractivity contribution in [3.63, 3.8) is 0 Å². The summed E-state index contributed by atoms with van der Waals surface area (Å²) in [5.74, 6) is 0. The minimum Gasteiger partial charge on any atom is -0.207 e. The van der Waals surface area contributed by atoms with Gasteiger partial charge in [0.25, 0.3) is 0 Å². The molecule has 0 fully saturated rings. The second kappa shape index (κ2) is 6.92. The van der Waals surface area contributed by atoms with Gasteiger partial charge in [-0.25, -0.2) is 8.42 Å². The Morgan fingerprint density at radius 3 is 2.67 bits per heavy atom. The fourth-order valence-electron chi connectivity index (χ4n) is 2.11. The Morgan fingerprint density at radius 1 is 1.29 bits per heavy atom. The third-order valence-corrected chi connectivity index (χ3v) is 6.13. The fourth-order valence-corrected chi connectivity index (χ4v) is 4.78. The maximum atomic E-state index is 12.9. The lowest BCUT2D eigenvalue weighted by molar-refractivity contribution is 0.406. The molecule has 6 heteroatoms. The first-order valence-electron chi connectivity index (χ1n) is 6.72. The summed E-state index contributed by atoms with van der Waals surface area (Å²) < 4.78 is 27.3. The molecule has 0 saturated carbocycles. The first-order chi connectivity index (χ1) is 9.95. The van der Waals surface area contributed by atoms with Crippen molar-refractivity contribution in [2.45, 2.75) is 31.7 Å². The van der Waals surface area contributed by atoms with Gasteiger partial charge in [0.1, 0.15) is 0 Å². The second-order valence-corrected chi connectivity index (χ2v) is 8.00. The van der Waals surface area contributed by atoms with Crippen molar-refractivity contribution in [3.05, 3.63) is 51.2 Å². The molecule has 0 saturated heterocycles. The molecule has 0 bridgehead atoms. The van der Waals surface area contributed by atoms with E-state index >= 15 is 0 Å². The fraction of sp³-hybridized carbons (Fsp3) is 0.333. The monoisotopic (exact) mass is 343 g/mol. The van der Waals surface area contributed by atoms with Crippen LogP contribution in [0.5, 0.6) is 0 Å². The third-order valence-electron chi connectivity index (χ3n) is 3.18. The highest BCUT2D eigenvalue weighted by molar-refractivity contribution is 7.89. The first-order valence-corrected chi connectivity index (χ1v) is 9.48. The van der Waals surface area contributed by atoms with E-state index in [4.69, 9.17) is 11.6 Å². The van der Waals surface area contributed by atoms with E-state index in [0.717, 1.165) is 12.0 Å². The zero-order valence-electron chi connectivity index (χ0n) is 12.0. The minimum atomic E-state index is -3.54. The van der Waals surface area contributed by atoms with Crippen LogP contribution in [0.25, 0.3) is 0 Å². The first kappa shape index (κ1) is 16.5. The predicted molar refractivity (Wildman–Crippen MR) is 88.4 cm³/mol. The normalized spacial score (nSPS) is 12.0. The van der Waals surface area contributed by atoms with Crippen LogP contribution in [-0.4, -0.2) is 19.3 Å². The molecule has 2 rings (SSSR count). The molecular formula is C15H18ClNO2S2. The molecule has 0 amide bonds. The maximum Gasteiger partial charge on any atom is 0.243 e. The molecule has 0 aliphatic rings. The van der Waals surface area contributed by atoms with Crippen LogP contribution >= 0.6 is 22.9 Å². The standard InChI is InChI=1S/C15H18ClNO2S2/c1-3-7-17(10-13-6-8-20-11-13)21(18,19)15-9-14(16)5-4-12(15)2/h4-6,8-9,11H,3,7,10H2,1-2H3. The molecule has 0 aliphatic carbocycles. The SMILES string of the molecule is CCCN(Cc1ccsc1)S(=O)(=O)c1cc(Cl)ccc1C. The molecule has 0 aliphatic heterocycles. The van der Waals surface area contributed by atoms with Gasteiger partial charge in [0.15, 0.2) is 0 Å². The van der Waals surface area contributed by atoms with E-state index in [-0.39, 0.29) is 0 Å².